The molecule has 1 aliphatic carbocycles. The molecule has 0 aromatic carbocycles. The van der Waals surface area contributed by atoms with E-state index in [0.717, 1.165) is 43.9 Å². The summed E-state index contributed by atoms with van der Waals surface area (Å²) in [4.78, 5) is 37.1. The third-order valence-electron chi connectivity index (χ3n) is 5.61. The molecule has 2 aliphatic rings. The van der Waals surface area contributed by atoms with Crippen molar-refractivity contribution >= 4 is 44.5 Å². The maximum atomic E-state index is 13.1. The summed E-state index contributed by atoms with van der Waals surface area (Å²) in [5.74, 6) is 0.284. The first kappa shape index (κ1) is 20.7. The second-order valence-electron chi connectivity index (χ2n) is 8.20. The second kappa shape index (κ2) is 9.04. The van der Waals surface area contributed by atoms with Crippen molar-refractivity contribution in [3.63, 3.8) is 0 Å². The van der Waals surface area contributed by atoms with Crippen LogP contribution in [0.1, 0.15) is 64.8 Å². The molecule has 29 heavy (non-hydrogen) atoms. The number of thiazole rings is 1. The maximum Gasteiger partial charge on any atom is 0.274 e. The molecule has 0 bridgehead atoms. The van der Waals surface area contributed by atoms with Gasteiger partial charge in [-0.2, -0.15) is 4.98 Å². The van der Waals surface area contributed by atoms with Crippen LogP contribution in [0.5, 0.6) is 0 Å². The van der Waals surface area contributed by atoms with Gasteiger partial charge in [0.2, 0.25) is 5.91 Å². The molecule has 1 N–H and O–H groups in total. The van der Waals surface area contributed by atoms with Gasteiger partial charge in [-0.05, 0) is 39.5 Å². The topological polar surface area (TPSA) is 80.1 Å². The van der Waals surface area contributed by atoms with Crippen molar-refractivity contribution in [3.05, 3.63) is 10.4 Å². The Morgan fingerprint density at radius 2 is 1.90 bits per heavy atom. The number of carbonyl (C=O) groups is 1. The van der Waals surface area contributed by atoms with Crippen molar-refractivity contribution in [3.8, 4) is 0 Å². The first-order valence-corrected chi connectivity index (χ1v) is 12.4. The highest BCUT2D eigenvalue weighted by atomic mass is 32.2. The van der Waals surface area contributed by atoms with Gasteiger partial charge in [-0.3, -0.25) is 14.2 Å². The SMILES string of the molecule is CC(C)n1c(SCC(=O)NC2CCCCC2)nc2nc(N3CCCC3)sc2c1=O. The number of anilines is 1. The lowest BCUT2D eigenvalue weighted by molar-refractivity contribution is -0.119. The van der Waals surface area contributed by atoms with E-state index in [0.29, 0.717) is 21.5 Å². The van der Waals surface area contributed by atoms with Crippen LogP contribution in [0.2, 0.25) is 0 Å². The average Bonchev–Trinajstić information content (AvgIpc) is 3.36. The number of nitrogens with zero attached hydrogens (tertiary/aromatic N) is 4. The minimum atomic E-state index is -0.0527. The van der Waals surface area contributed by atoms with E-state index in [1.54, 1.807) is 4.57 Å². The fourth-order valence-electron chi connectivity index (χ4n) is 4.10. The number of thioether (sulfide) groups is 1. The fraction of sp³-hybridized carbons (Fsp3) is 0.700. The number of rotatable bonds is 6. The normalized spacial score (nSPS) is 18.1. The zero-order valence-corrected chi connectivity index (χ0v) is 18.8. The van der Waals surface area contributed by atoms with Gasteiger partial charge in [-0.1, -0.05) is 42.4 Å². The molecule has 2 aromatic heterocycles. The number of hydrogen-bond donors (Lipinski definition) is 1. The van der Waals surface area contributed by atoms with Crippen LogP contribution in [-0.4, -0.2) is 45.3 Å². The number of aromatic nitrogens is 3. The third-order valence-corrected chi connectivity index (χ3v) is 7.66. The van der Waals surface area contributed by atoms with Crippen LogP contribution in [-0.2, 0) is 4.79 Å². The van der Waals surface area contributed by atoms with E-state index < -0.39 is 0 Å². The van der Waals surface area contributed by atoms with Gasteiger partial charge in [-0.15, -0.1) is 0 Å². The second-order valence-corrected chi connectivity index (χ2v) is 10.1. The molecule has 7 nitrogen and oxygen atoms in total. The molecule has 4 rings (SSSR count). The molecular weight excluding hydrogens is 406 g/mol. The molecule has 1 saturated carbocycles. The van der Waals surface area contributed by atoms with Gasteiger partial charge in [0.05, 0.1) is 5.75 Å². The summed E-state index contributed by atoms with van der Waals surface area (Å²) < 4.78 is 2.31. The van der Waals surface area contributed by atoms with Crippen LogP contribution in [0.3, 0.4) is 0 Å². The van der Waals surface area contributed by atoms with Crippen molar-refractivity contribution in [1.29, 1.82) is 0 Å². The predicted molar refractivity (Wildman–Crippen MR) is 119 cm³/mol. The quantitative estimate of drug-likeness (QED) is 0.552. The highest BCUT2D eigenvalue weighted by Gasteiger charge is 2.22. The van der Waals surface area contributed by atoms with Crippen LogP contribution < -0.4 is 15.8 Å². The van der Waals surface area contributed by atoms with Crippen LogP contribution in [0.25, 0.3) is 10.3 Å². The van der Waals surface area contributed by atoms with E-state index in [2.05, 4.69) is 20.2 Å². The molecule has 0 atom stereocenters. The zero-order chi connectivity index (χ0) is 20.4. The van der Waals surface area contributed by atoms with E-state index >= 15 is 0 Å². The summed E-state index contributed by atoms with van der Waals surface area (Å²) in [5.41, 5.74) is 0.456. The summed E-state index contributed by atoms with van der Waals surface area (Å²) in [5, 5.41) is 4.60. The highest BCUT2D eigenvalue weighted by molar-refractivity contribution is 7.99. The molecule has 1 saturated heterocycles. The third kappa shape index (κ3) is 4.60. The van der Waals surface area contributed by atoms with Gasteiger partial charge in [0.15, 0.2) is 15.9 Å². The number of fused-ring (bicyclic) bond motifs is 1. The molecule has 2 aromatic rings. The van der Waals surface area contributed by atoms with E-state index in [1.165, 1.54) is 42.4 Å². The summed E-state index contributed by atoms with van der Waals surface area (Å²) in [6, 6.07) is 0.266. The monoisotopic (exact) mass is 435 g/mol. The van der Waals surface area contributed by atoms with Crippen molar-refractivity contribution in [2.75, 3.05) is 23.7 Å². The van der Waals surface area contributed by atoms with Gasteiger partial charge < -0.3 is 10.2 Å². The van der Waals surface area contributed by atoms with E-state index in [1.807, 2.05) is 13.8 Å². The molecule has 158 valence electrons. The van der Waals surface area contributed by atoms with Crippen molar-refractivity contribution in [1.82, 2.24) is 19.9 Å². The van der Waals surface area contributed by atoms with Crippen molar-refractivity contribution < 1.29 is 4.79 Å². The van der Waals surface area contributed by atoms with Crippen LogP contribution in [0.4, 0.5) is 5.13 Å². The lowest BCUT2D eigenvalue weighted by atomic mass is 9.95. The summed E-state index contributed by atoms with van der Waals surface area (Å²) >= 11 is 2.77. The fourth-order valence-corrected chi connectivity index (χ4v) is 6.03. The Morgan fingerprint density at radius 1 is 1.17 bits per heavy atom. The summed E-state index contributed by atoms with van der Waals surface area (Å²) in [6.45, 7) is 5.93. The molecule has 1 amide bonds. The Kier molecular flexibility index (Phi) is 6.44. The highest BCUT2D eigenvalue weighted by Crippen LogP contribution is 2.30. The molecule has 0 spiro atoms. The Labute approximate surface area is 179 Å². The van der Waals surface area contributed by atoms with Crippen LogP contribution >= 0.6 is 23.1 Å². The van der Waals surface area contributed by atoms with E-state index in [4.69, 9.17) is 0 Å². The average molecular weight is 436 g/mol. The van der Waals surface area contributed by atoms with Gasteiger partial charge in [0, 0.05) is 25.2 Å². The van der Waals surface area contributed by atoms with Crippen LogP contribution in [0, 0.1) is 0 Å². The van der Waals surface area contributed by atoms with Crippen LogP contribution in [0.15, 0.2) is 9.95 Å². The van der Waals surface area contributed by atoms with Gasteiger partial charge in [0.1, 0.15) is 4.70 Å². The molecule has 9 heteroatoms. The predicted octanol–water partition coefficient (Wildman–Crippen LogP) is 3.58. The number of amides is 1. The first-order valence-electron chi connectivity index (χ1n) is 10.6. The Morgan fingerprint density at radius 3 is 2.59 bits per heavy atom. The molecule has 2 fully saturated rings. The molecular formula is C20H29N5O2S2. The minimum absolute atomic E-state index is 0.0163. The largest absolute Gasteiger partial charge is 0.353 e. The standard InChI is InChI=1S/C20H29N5O2S2/c1-13(2)25-18(27)16-17(22-19(29-16)24-10-6-7-11-24)23-20(25)28-12-15(26)21-14-8-4-3-5-9-14/h13-14H,3-12H2,1-2H3,(H,21,26). The Balaban J connectivity index is 1.54. The Bertz CT molecular complexity index is 927. The number of nitrogens with one attached hydrogen (secondary N) is 1. The first-order chi connectivity index (χ1) is 14.0. The van der Waals surface area contributed by atoms with Crippen molar-refractivity contribution in [2.24, 2.45) is 0 Å². The number of carbonyl (C=O) groups excluding carboxylic acids is 1. The molecule has 0 radical (unpaired) electrons. The van der Waals surface area contributed by atoms with Gasteiger partial charge in [0.25, 0.3) is 5.56 Å². The lowest BCUT2D eigenvalue weighted by Gasteiger charge is -2.22. The summed E-state index contributed by atoms with van der Waals surface area (Å²) in [7, 11) is 0. The minimum Gasteiger partial charge on any atom is -0.353 e. The smallest absolute Gasteiger partial charge is 0.274 e. The summed E-state index contributed by atoms with van der Waals surface area (Å²) in [6.07, 6.45) is 8.09. The van der Waals surface area contributed by atoms with Gasteiger partial charge in [-0.25, -0.2) is 4.98 Å². The zero-order valence-electron chi connectivity index (χ0n) is 17.1. The Hall–Kier alpha value is -1.61. The van der Waals surface area contributed by atoms with Gasteiger partial charge >= 0.3 is 0 Å². The molecule has 3 heterocycles. The molecule has 1 aliphatic heterocycles. The van der Waals surface area contributed by atoms with E-state index in [9.17, 15) is 9.59 Å². The lowest BCUT2D eigenvalue weighted by Crippen LogP contribution is -2.37. The van der Waals surface area contributed by atoms with E-state index in [-0.39, 0.29) is 23.3 Å². The van der Waals surface area contributed by atoms with Crippen molar-refractivity contribution in [2.45, 2.75) is 76.0 Å². The maximum absolute atomic E-state index is 13.1. The molecule has 0 unspecified atom stereocenters. The number of hydrogen-bond acceptors (Lipinski definition) is 7.